The van der Waals surface area contributed by atoms with Crippen molar-refractivity contribution in [2.24, 2.45) is 0 Å². The average Bonchev–Trinajstić information content (AvgIpc) is 3.27. The lowest BCUT2D eigenvalue weighted by molar-refractivity contribution is 0.628. The van der Waals surface area contributed by atoms with Crippen LogP contribution in [0.2, 0.25) is 0 Å². The second-order valence-electron chi connectivity index (χ2n) is 5.23. The minimum Gasteiger partial charge on any atom is -0.207 e. The normalized spacial score (nSPS) is 10.8. The Bertz CT molecular complexity index is 901. The Balaban J connectivity index is 1.62. The molecule has 2 aromatic carbocycles. The summed E-state index contributed by atoms with van der Waals surface area (Å²) in [5.74, 6) is -0.204. The third-order valence-electron chi connectivity index (χ3n) is 3.72. The SMILES string of the molecule is Fc1ccc(-c2ccc(-c3ccc(-c4cccs4)s3)cc2)cc1. The second-order valence-corrected chi connectivity index (χ2v) is 7.26. The second kappa shape index (κ2) is 6.11. The summed E-state index contributed by atoms with van der Waals surface area (Å²) in [7, 11) is 0. The molecular formula is C20H13FS2. The third kappa shape index (κ3) is 2.98. The van der Waals surface area contributed by atoms with Crippen LogP contribution in [0.3, 0.4) is 0 Å². The van der Waals surface area contributed by atoms with Crippen molar-refractivity contribution in [1.82, 2.24) is 0 Å². The van der Waals surface area contributed by atoms with Gasteiger partial charge in [-0.2, -0.15) is 0 Å². The highest BCUT2D eigenvalue weighted by molar-refractivity contribution is 7.23. The maximum Gasteiger partial charge on any atom is 0.123 e. The third-order valence-corrected chi connectivity index (χ3v) is 5.92. The topological polar surface area (TPSA) is 0 Å². The van der Waals surface area contributed by atoms with Crippen LogP contribution in [0.4, 0.5) is 4.39 Å². The van der Waals surface area contributed by atoms with E-state index in [1.165, 1.54) is 32.3 Å². The first-order valence-electron chi connectivity index (χ1n) is 7.30. The average molecular weight is 336 g/mol. The summed E-state index contributed by atoms with van der Waals surface area (Å²) in [6.45, 7) is 0. The van der Waals surface area contributed by atoms with E-state index in [-0.39, 0.29) is 5.82 Å². The Morgan fingerprint density at radius 1 is 0.565 bits per heavy atom. The molecule has 2 aromatic heterocycles. The smallest absolute Gasteiger partial charge is 0.123 e. The highest BCUT2D eigenvalue weighted by atomic mass is 32.1. The molecule has 3 heteroatoms. The first-order chi connectivity index (χ1) is 11.3. The number of hydrogen-bond acceptors (Lipinski definition) is 2. The maximum absolute atomic E-state index is 13.0. The zero-order chi connectivity index (χ0) is 15.6. The van der Waals surface area contributed by atoms with Crippen LogP contribution in [0.25, 0.3) is 31.3 Å². The van der Waals surface area contributed by atoms with E-state index in [0.717, 1.165) is 11.1 Å². The van der Waals surface area contributed by atoms with Crippen molar-refractivity contribution in [2.75, 3.05) is 0 Å². The molecule has 0 aliphatic heterocycles. The summed E-state index contributed by atoms with van der Waals surface area (Å²) in [5, 5.41) is 2.10. The van der Waals surface area contributed by atoms with Crippen molar-refractivity contribution in [2.45, 2.75) is 0 Å². The standard InChI is InChI=1S/C20H13FS2/c21-17-9-7-15(8-10-17)14-3-5-16(6-4-14)18-11-12-20(23-18)19-2-1-13-22-19/h1-13H. The summed E-state index contributed by atoms with van der Waals surface area (Å²) in [4.78, 5) is 3.88. The molecule has 0 unspecified atom stereocenters. The largest absolute Gasteiger partial charge is 0.207 e. The molecule has 2 heterocycles. The Hall–Kier alpha value is -2.23. The van der Waals surface area contributed by atoms with E-state index < -0.39 is 0 Å². The summed E-state index contributed by atoms with van der Waals surface area (Å²) in [6, 6.07) is 23.6. The van der Waals surface area contributed by atoms with E-state index in [1.807, 2.05) is 23.5 Å². The van der Waals surface area contributed by atoms with E-state index >= 15 is 0 Å². The van der Waals surface area contributed by atoms with Crippen LogP contribution in [0.1, 0.15) is 0 Å². The molecule has 0 N–H and O–H groups in total. The first kappa shape index (κ1) is 14.4. The fraction of sp³-hybridized carbons (Fsp3) is 0. The number of thiophene rings is 2. The van der Waals surface area contributed by atoms with Crippen molar-refractivity contribution in [3.05, 3.63) is 84.0 Å². The number of halogens is 1. The minimum absolute atomic E-state index is 0.204. The first-order valence-corrected chi connectivity index (χ1v) is 8.99. The van der Waals surface area contributed by atoms with Gasteiger partial charge in [0, 0.05) is 14.6 Å². The predicted molar refractivity (Wildman–Crippen MR) is 98.5 cm³/mol. The quantitative estimate of drug-likeness (QED) is 0.380. The summed E-state index contributed by atoms with van der Waals surface area (Å²) < 4.78 is 13.0. The number of hydrogen-bond donors (Lipinski definition) is 0. The van der Waals surface area contributed by atoms with Crippen LogP contribution in [-0.2, 0) is 0 Å². The molecule has 4 aromatic rings. The molecule has 0 saturated carbocycles. The number of rotatable bonds is 3. The minimum atomic E-state index is -0.204. The zero-order valence-corrected chi connectivity index (χ0v) is 13.8. The van der Waals surface area contributed by atoms with E-state index in [0.29, 0.717) is 0 Å². The lowest BCUT2D eigenvalue weighted by atomic mass is 10.0. The van der Waals surface area contributed by atoms with Gasteiger partial charge >= 0.3 is 0 Å². The lowest BCUT2D eigenvalue weighted by Gasteiger charge is -2.03. The van der Waals surface area contributed by atoms with Crippen LogP contribution in [0, 0.1) is 5.82 Å². The fourth-order valence-electron chi connectivity index (χ4n) is 2.51. The van der Waals surface area contributed by atoms with Gasteiger partial charge < -0.3 is 0 Å². The summed E-state index contributed by atoms with van der Waals surface area (Å²) >= 11 is 3.57. The van der Waals surface area contributed by atoms with E-state index in [9.17, 15) is 4.39 Å². The van der Waals surface area contributed by atoms with Crippen LogP contribution >= 0.6 is 22.7 Å². The van der Waals surface area contributed by atoms with Crippen LogP contribution in [0.5, 0.6) is 0 Å². The maximum atomic E-state index is 13.0. The van der Waals surface area contributed by atoms with Gasteiger partial charge in [0.05, 0.1) is 0 Å². The van der Waals surface area contributed by atoms with Crippen molar-refractivity contribution in [3.63, 3.8) is 0 Å². The van der Waals surface area contributed by atoms with E-state index in [1.54, 1.807) is 11.3 Å². The molecule has 0 radical (unpaired) electrons. The van der Waals surface area contributed by atoms with Crippen molar-refractivity contribution < 1.29 is 4.39 Å². The number of benzene rings is 2. The molecule has 0 aliphatic carbocycles. The molecule has 4 rings (SSSR count). The molecule has 0 saturated heterocycles. The predicted octanol–water partition coefficient (Wildman–Crippen LogP) is 6.95. The van der Waals surface area contributed by atoms with Gasteiger partial charge in [0.15, 0.2) is 0 Å². The van der Waals surface area contributed by atoms with Gasteiger partial charge in [0.1, 0.15) is 5.82 Å². The van der Waals surface area contributed by atoms with Gasteiger partial charge in [-0.05, 0) is 52.4 Å². The van der Waals surface area contributed by atoms with Crippen molar-refractivity contribution >= 4 is 22.7 Å². The van der Waals surface area contributed by atoms with Gasteiger partial charge in [0.25, 0.3) is 0 Å². The van der Waals surface area contributed by atoms with Crippen LogP contribution < -0.4 is 0 Å². The lowest BCUT2D eigenvalue weighted by Crippen LogP contribution is -1.79. The van der Waals surface area contributed by atoms with Crippen molar-refractivity contribution in [3.8, 4) is 31.3 Å². The Morgan fingerprint density at radius 2 is 1.17 bits per heavy atom. The molecule has 0 amide bonds. The van der Waals surface area contributed by atoms with Gasteiger partial charge in [-0.25, -0.2) is 4.39 Å². The van der Waals surface area contributed by atoms with Gasteiger partial charge in [-0.3, -0.25) is 0 Å². The highest BCUT2D eigenvalue weighted by Crippen LogP contribution is 2.37. The molecule has 0 spiro atoms. The highest BCUT2D eigenvalue weighted by Gasteiger charge is 2.06. The molecule has 112 valence electrons. The van der Waals surface area contributed by atoms with E-state index in [2.05, 4.69) is 53.9 Å². The van der Waals surface area contributed by atoms with Gasteiger partial charge in [0.2, 0.25) is 0 Å². The van der Waals surface area contributed by atoms with Gasteiger partial charge in [-0.1, -0.05) is 42.5 Å². The molecule has 0 atom stereocenters. The Labute approximate surface area is 142 Å². The fourth-order valence-corrected chi connectivity index (χ4v) is 4.36. The Morgan fingerprint density at radius 3 is 1.83 bits per heavy atom. The summed E-state index contributed by atoms with van der Waals surface area (Å²) in [6.07, 6.45) is 0. The molecule has 0 bridgehead atoms. The Kier molecular flexibility index (Phi) is 3.82. The zero-order valence-electron chi connectivity index (χ0n) is 12.2. The van der Waals surface area contributed by atoms with Crippen molar-refractivity contribution in [1.29, 1.82) is 0 Å². The van der Waals surface area contributed by atoms with E-state index in [4.69, 9.17) is 0 Å². The molecule has 0 aliphatic rings. The summed E-state index contributed by atoms with van der Waals surface area (Å²) in [5.41, 5.74) is 3.34. The molecule has 0 fully saturated rings. The molecular weight excluding hydrogens is 323 g/mol. The van der Waals surface area contributed by atoms with Crippen LogP contribution in [-0.4, -0.2) is 0 Å². The van der Waals surface area contributed by atoms with Crippen LogP contribution in [0.15, 0.2) is 78.2 Å². The molecule has 0 nitrogen and oxygen atoms in total. The monoisotopic (exact) mass is 336 g/mol. The van der Waals surface area contributed by atoms with Gasteiger partial charge in [-0.15, -0.1) is 22.7 Å². The molecule has 23 heavy (non-hydrogen) atoms.